The summed E-state index contributed by atoms with van der Waals surface area (Å²) < 4.78 is 1.80. The Hall–Kier alpha value is -2.83. The van der Waals surface area contributed by atoms with Crippen LogP contribution in [0.25, 0.3) is 5.69 Å². The molecule has 1 saturated carbocycles. The number of urea groups is 1. The van der Waals surface area contributed by atoms with Gasteiger partial charge in [0.2, 0.25) is 5.91 Å². The maximum atomic E-state index is 12.6. The zero-order chi connectivity index (χ0) is 20.8. The summed E-state index contributed by atoms with van der Waals surface area (Å²) in [5.74, 6) is 0.754. The first-order valence-electron chi connectivity index (χ1n) is 11.1. The summed E-state index contributed by atoms with van der Waals surface area (Å²) in [6, 6.07) is 10.0. The second-order valence-electron chi connectivity index (χ2n) is 8.46. The lowest BCUT2D eigenvalue weighted by Gasteiger charge is -2.32. The van der Waals surface area contributed by atoms with Crippen LogP contribution in [0.5, 0.6) is 0 Å². The minimum atomic E-state index is -0.0461. The Labute approximate surface area is 177 Å². The van der Waals surface area contributed by atoms with Crippen molar-refractivity contribution in [2.45, 2.75) is 57.5 Å². The highest BCUT2D eigenvalue weighted by molar-refractivity contribution is 5.77. The summed E-state index contributed by atoms with van der Waals surface area (Å²) in [6.07, 6.45) is 10.9. The molecule has 2 N–H and O–H groups in total. The van der Waals surface area contributed by atoms with E-state index in [-0.39, 0.29) is 18.0 Å². The molecule has 0 unspecified atom stereocenters. The van der Waals surface area contributed by atoms with Crippen LogP contribution in [0.4, 0.5) is 4.79 Å². The topological polar surface area (TPSA) is 79.3 Å². The summed E-state index contributed by atoms with van der Waals surface area (Å²) in [7, 11) is 0. The Bertz CT molecular complexity index is 837. The lowest BCUT2D eigenvalue weighted by molar-refractivity contribution is -0.122. The summed E-state index contributed by atoms with van der Waals surface area (Å²) in [5, 5.41) is 10.4. The fraction of sp³-hybridized carbons (Fsp3) is 0.522. The number of carbonyl (C=O) groups is 2. The molecule has 30 heavy (non-hydrogen) atoms. The second kappa shape index (κ2) is 9.78. The van der Waals surface area contributed by atoms with Crippen LogP contribution >= 0.6 is 0 Å². The first-order chi connectivity index (χ1) is 14.7. The molecular formula is C23H31N5O2. The summed E-state index contributed by atoms with van der Waals surface area (Å²) in [6.45, 7) is 1.83. The second-order valence-corrected chi connectivity index (χ2v) is 8.46. The number of aromatic nitrogens is 2. The first kappa shape index (κ1) is 20.4. The van der Waals surface area contributed by atoms with E-state index < -0.39 is 0 Å². The summed E-state index contributed by atoms with van der Waals surface area (Å²) in [5.41, 5.74) is 2.01. The molecule has 3 amide bonds. The van der Waals surface area contributed by atoms with Gasteiger partial charge in [0.05, 0.1) is 5.69 Å². The van der Waals surface area contributed by atoms with Gasteiger partial charge in [0.1, 0.15) is 0 Å². The highest BCUT2D eigenvalue weighted by Gasteiger charge is 2.25. The molecule has 7 heteroatoms. The molecule has 2 aromatic rings. The van der Waals surface area contributed by atoms with E-state index in [1.54, 1.807) is 10.9 Å². The summed E-state index contributed by atoms with van der Waals surface area (Å²) in [4.78, 5) is 26.6. The van der Waals surface area contributed by atoms with Crippen LogP contribution in [0, 0.1) is 5.92 Å². The number of benzene rings is 1. The predicted octanol–water partition coefficient (Wildman–Crippen LogP) is 3.24. The molecule has 0 atom stereocenters. The smallest absolute Gasteiger partial charge is 0.317 e. The highest BCUT2D eigenvalue weighted by Crippen LogP contribution is 2.27. The molecule has 0 radical (unpaired) electrons. The van der Waals surface area contributed by atoms with Crippen molar-refractivity contribution in [1.82, 2.24) is 25.3 Å². The Kier molecular flexibility index (Phi) is 6.67. The number of amides is 3. The van der Waals surface area contributed by atoms with E-state index in [2.05, 4.69) is 15.7 Å². The number of hydrogen-bond acceptors (Lipinski definition) is 3. The van der Waals surface area contributed by atoms with Crippen LogP contribution in [-0.2, 0) is 11.3 Å². The van der Waals surface area contributed by atoms with Gasteiger partial charge in [0.15, 0.2) is 0 Å². The number of nitrogens with one attached hydrogen (secondary N) is 2. The first-order valence-corrected chi connectivity index (χ1v) is 11.1. The average Bonchev–Trinajstić information content (AvgIpc) is 3.47. The molecule has 160 valence electrons. The normalized spacial score (nSPS) is 17.8. The quantitative estimate of drug-likeness (QED) is 0.769. The van der Waals surface area contributed by atoms with E-state index in [1.807, 2.05) is 41.4 Å². The van der Waals surface area contributed by atoms with Crippen LogP contribution in [0.3, 0.4) is 0 Å². The Balaban J connectivity index is 1.19. The number of hydrogen-bond donors (Lipinski definition) is 2. The van der Waals surface area contributed by atoms with E-state index in [0.29, 0.717) is 32.0 Å². The van der Waals surface area contributed by atoms with Crippen molar-refractivity contribution in [3.63, 3.8) is 0 Å². The molecule has 1 aliphatic heterocycles. The van der Waals surface area contributed by atoms with Gasteiger partial charge in [-0.2, -0.15) is 5.10 Å². The molecular weight excluding hydrogens is 378 g/mol. The number of nitrogens with zero attached hydrogens (tertiary/aromatic N) is 3. The van der Waals surface area contributed by atoms with Crippen molar-refractivity contribution < 1.29 is 9.59 Å². The standard InChI is InChI=1S/C23H31N5O2/c29-22(16-18-5-1-2-6-18)26-20-9-13-27(14-10-20)23(30)24-17-19-7-3-8-21(15-19)28-12-4-11-25-28/h3-4,7-8,11-12,15,18,20H,1-2,5-6,9-10,13-14,16-17H2,(H,24,30)(H,26,29). The van der Waals surface area contributed by atoms with Gasteiger partial charge in [-0.3, -0.25) is 4.79 Å². The fourth-order valence-corrected chi connectivity index (χ4v) is 4.51. The van der Waals surface area contributed by atoms with Gasteiger partial charge in [-0.1, -0.05) is 25.0 Å². The summed E-state index contributed by atoms with van der Waals surface area (Å²) >= 11 is 0. The SMILES string of the molecule is O=C(CC1CCCC1)NC1CCN(C(=O)NCc2cccc(-n3cccn3)c2)CC1. The monoisotopic (exact) mass is 409 g/mol. The minimum Gasteiger partial charge on any atom is -0.353 e. The van der Waals surface area contributed by atoms with Crippen LogP contribution in [-0.4, -0.2) is 45.8 Å². The molecule has 0 bridgehead atoms. The molecule has 1 saturated heterocycles. The zero-order valence-electron chi connectivity index (χ0n) is 17.4. The molecule has 1 aromatic heterocycles. The lowest BCUT2D eigenvalue weighted by Crippen LogP contribution is -2.49. The van der Waals surface area contributed by atoms with Gasteiger partial charge in [0.25, 0.3) is 0 Å². The predicted molar refractivity (Wildman–Crippen MR) is 115 cm³/mol. The number of rotatable bonds is 6. The van der Waals surface area contributed by atoms with Crippen LogP contribution in [0.2, 0.25) is 0 Å². The molecule has 1 aliphatic carbocycles. The molecule has 4 rings (SSSR count). The van der Waals surface area contributed by atoms with E-state index in [4.69, 9.17) is 0 Å². The Morgan fingerprint density at radius 2 is 1.87 bits per heavy atom. The fourth-order valence-electron chi connectivity index (χ4n) is 4.51. The molecule has 2 aliphatic rings. The average molecular weight is 410 g/mol. The van der Waals surface area contributed by atoms with Gasteiger partial charge in [-0.05, 0) is 55.4 Å². The lowest BCUT2D eigenvalue weighted by atomic mass is 10.0. The van der Waals surface area contributed by atoms with Gasteiger partial charge in [0, 0.05) is 44.5 Å². The van der Waals surface area contributed by atoms with Crippen molar-refractivity contribution in [2.75, 3.05) is 13.1 Å². The minimum absolute atomic E-state index is 0.0461. The Morgan fingerprint density at radius 1 is 1.07 bits per heavy atom. The molecule has 7 nitrogen and oxygen atoms in total. The van der Waals surface area contributed by atoms with Crippen molar-refractivity contribution in [1.29, 1.82) is 0 Å². The van der Waals surface area contributed by atoms with Crippen LogP contribution in [0.15, 0.2) is 42.7 Å². The van der Waals surface area contributed by atoms with Gasteiger partial charge in [-0.25, -0.2) is 9.48 Å². The van der Waals surface area contributed by atoms with Crippen molar-refractivity contribution in [3.05, 3.63) is 48.3 Å². The third kappa shape index (κ3) is 5.40. The molecule has 2 fully saturated rings. The van der Waals surface area contributed by atoms with Crippen LogP contribution in [0.1, 0.15) is 50.5 Å². The van der Waals surface area contributed by atoms with Crippen LogP contribution < -0.4 is 10.6 Å². The largest absolute Gasteiger partial charge is 0.353 e. The highest BCUT2D eigenvalue weighted by atomic mass is 16.2. The molecule has 0 spiro atoms. The van der Waals surface area contributed by atoms with Crippen molar-refractivity contribution in [3.8, 4) is 5.69 Å². The zero-order valence-corrected chi connectivity index (χ0v) is 17.4. The third-order valence-corrected chi connectivity index (χ3v) is 6.22. The Morgan fingerprint density at radius 3 is 2.60 bits per heavy atom. The number of piperidine rings is 1. The van der Waals surface area contributed by atoms with E-state index in [0.717, 1.165) is 24.1 Å². The molecule has 2 heterocycles. The van der Waals surface area contributed by atoms with Crippen molar-refractivity contribution in [2.24, 2.45) is 5.92 Å². The van der Waals surface area contributed by atoms with E-state index >= 15 is 0 Å². The number of likely N-dealkylation sites (tertiary alicyclic amines) is 1. The number of carbonyl (C=O) groups excluding carboxylic acids is 2. The van der Waals surface area contributed by atoms with Gasteiger partial charge in [-0.15, -0.1) is 0 Å². The molecule has 1 aromatic carbocycles. The maximum absolute atomic E-state index is 12.6. The van der Waals surface area contributed by atoms with E-state index in [9.17, 15) is 9.59 Å². The van der Waals surface area contributed by atoms with Gasteiger partial charge >= 0.3 is 6.03 Å². The van der Waals surface area contributed by atoms with E-state index in [1.165, 1.54) is 25.7 Å². The third-order valence-electron chi connectivity index (χ3n) is 6.22. The van der Waals surface area contributed by atoms with Crippen molar-refractivity contribution >= 4 is 11.9 Å². The maximum Gasteiger partial charge on any atom is 0.317 e. The van der Waals surface area contributed by atoms with Gasteiger partial charge < -0.3 is 15.5 Å².